The molecular formula is C16H22N2S. The standard InChI is InChI=1S/C16H22N2S/c1-11(2)12-8-6-7-9-13(12)17-15-18-14(10-19-15)16(3,4)5/h6-11H,1-5H3,(H,17,18). The highest BCUT2D eigenvalue weighted by Crippen LogP contribution is 2.31. The number of rotatable bonds is 3. The summed E-state index contributed by atoms with van der Waals surface area (Å²) in [5, 5.41) is 6.56. The summed E-state index contributed by atoms with van der Waals surface area (Å²) in [5.74, 6) is 0.505. The van der Waals surface area contributed by atoms with E-state index in [4.69, 9.17) is 0 Å². The van der Waals surface area contributed by atoms with Crippen molar-refractivity contribution < 1.29 is 0 Å². The van der Waals surface area contributed by atoms with Crippen LogP contribution in [0.4, 0.5) is 10.8 Å². The third-order valence-corrected chi connectivity index (χ3v) is 3.85. The maximum atomic E-state index is 4.68. The first-order valence-corrected chi connectivity index (χ1v) is 7.58. The molecule has 0 amide bonds. The van der Waals surface area contributed by atoms with Crippen molar-refractivity contribution in [3.05, 3.63) is 40.9 Å². The van der Waals surface area contributed by atoms with Crippen molar-refractivity contribution in [2.24, 2.45) is 0 Å². The molecule has 0 radical (unpaired) electrons. The molecule has 2 nitrogen and oxygen atoms in total. The number of thiazole rings is 1. The SMILES string of the molecule is CC(C)c1ccccc1Nc1nc(C(C)(C)C)cs1. The number of nitrogens with one attached hydrogen (secondary N) is 1. The van der Waals surface area contributed by atoms with Crippen LogP contribution in [0.3, 0.4) is 0 Å². The lowest BCUT2D eigenvalue weighted by atomic mass is 9.93. The number of benzene rings is 1. The summed E-state index contributed by atoms with van der Waals surface area (Å²) in [4.78, 5) is 4.68. The molecule has 1 aromatic heterocycles. The fraction of sp³-hybridized carbons (Fsp3) is 0.438. The highest BCUT2D eigenvalue weighted by Gasteiger charge is 2.17. The number of aromatic nitrogens is 1. The largest absolute Gasteiger partial charge is 0.331 e. The third-order valence-electron chi connectivity index (χ3n) is 3.10. The van der Waals surface area contributed by atoms with E-state index in [1.807, 2.05) is 0 Å². The van der Waals surface area contributed by atoms with Gasteiger partial charge in [-0.2, -0.15) is 0 Å². The molecule has 0 saturated heterocycles. The molecule has 0 bridgehead atoms. The van der Waals surface area contributed by atoms with Gasteiger partial charge in [0, 0.05) is 16.5 Å². The number of para-hydroxylation sites is 1. The van der Waals surface area contributed by atoms with Crippen LogP contribution in [0.15, 0.2) is 29.6 Å². The Bertz CT molecular complexity index is 550. The zero-order chi connectivity index (χ0) is 14.0. The molecule has 3 heteroatoms. The molecule has 19 heavy (non-hydrogen) atoms. The second-order valence-corrected chi connectivity index (χ2v) is 7.01. The van der Waals surface area contributed by atoms with Gasteiger partial charge in [0.1, 0.15) is 0 Å². The highest BCUT2D eigenvalue weighted by molar-refractivity contribution is 7.13. The van der Waals surface area contributed by atoms with Gasteiger partial charge in [-0.05, 0) is 17.5 Å². The van der Waals surface area contributed by atoms with Crippen molar-refractivity contribution in [1.82, 2.24) is 4.98 Å². The minimum atomic E-state index is 0.105. The number of anilines is 2. The molecule has 0 spiro atoms. The highest BCUT2D eigenvalue weighted by atomic mass is 32.1. The predicted molar refractivity (Wildman–Crippen MR) is 84.6 cm³/mol. The van der Waals surface area contributed by atoms with Crippen molar-refractivity contribution in [2.45, 2.75) is 46.0 Å². The van der Waals surface area contributed by atoms with Crippen LogP contribution >= 0.6 is 11.3 Å². The van der Waals surface area contributed by atoms with Gasteiger partial charge in [-0.3, -0.25) is 0 Å². The van der Waals surface area contributed by atoms with Gasteiger partial charge >= 0.3 is 0 Å². The molecule has 2 rings (SSSR count). The minimum Gasteiger partial charge on any atom is -0.331 e. The molecule has 0 fully saturated rings. The van der Waals surface area contributed by atoms with Crippen molar-refractivity contribution >= 4 is 22.2 Å². The van der Waals surface area contributed by atoms with Gasteiger partial charge in [-0.25, -0.2) is 4.98 Å². The van der Waals surface area contributed by atoms with Gasteiger partial charge in [0.05, 0.1) is 5.69 Å². The first-order valence-electron chi connectivity index (χ1n) is 6.70. The molecule has 102 valence electrons. The smallest absolute Gasteiger partial charge is 0.187 e. The molecular weight excluding hydrogens is 252 g/mol. The summed E-state index contributed by atoms with van der Waals surface area (Å²) in [6.45, 7) is 11.0. The molecule has 0 saturated carbocycles. The summed E-state index contributed by atoms with van der Waals surface area (Å²) in [6.07, 6.45) is 0. The summed E-state index contributed by atoms with van der Waals surface area (Å²) in [6, 6.07) is 8.44. The minimum absolute atomic E-state index is 0.105. The fourth-order valence-corrected chi connectivity index (χ4v) is 2.85. The molecule has 2 aromatic rings. The predicted octanol–water partition coefficient (Wildman–Crippen LogP) is 5.31. The Kier molecular flexibility index (Phi) is 3.95. The summed E-state index contributed by atoms with van der Waals surface area (Å²) in [5.41, 5.74) is 3.73. The summed E-state index contributed by atoms with van der Waals surface area (Å²) >= 11 is 1.67. The molecule has 1 aromatic carbocycles. The lowest BCUT2D eigenvalue weighted by Gasteiger charge is -2.15. The second kappa shape index (κ2) is 5.33. The lowest BCUT2D eigenvalue weighted by Crippen LogP contribution is -2.11. The average Bonchev–Trinajstić information content (AvgIpc) is 2.77. The van der Waals surface area contributed by atoms with Crippen LogP contribution in [0.5, 0.6) is 0 Å². The van der Waals surface area contributed by atoms with Crippen LogP contribution in [0.1, 0.15) is 51.8 Å². The van der Waals surface area contributed by atoms with Crippen LogP contribution in [-0.2, 0) is 5.41 Å². The van der Waals surface area contributed by atoms with E-state index in [0.29, 0.717) is 5.92 Å². The fourth-order valence-electron chi connectivity index (χ4n) is 1.91. The van der Waals surface area contributed by atoms with E-state index in [2.05, 4.69) is 74.6 Å². The number of nitrogens with zero attached hydrogens (tertiary/aromatic N) is 1. The Labute approximate surface area is 119 Å². The van der Waals surface area contributed by atoms with Gasteiger partial charge < -0.3 is 5.32 Å². The molecule has 0 aliphatic rings. The number of hydrogen-bond acceptors (Lipinski definition) is 3. The Morgan fingerprint density at radius 2 is 1.84 bits per heavy atom. The Balaban J connectivity index is 2.25. The summed E-state index contributed by atoms with van der Waals surface area (Å²) < 4.78 is 0. The van der Waals surface area contributed by atoms with E-state index in [1.54, 1.807) is 11.3 Å². The van der Waals surface area contributed by atoms with Crippen molar-refractivity contribution in [3.63, 3.8) is 0 Å². The summed E-state index contributed by atoms with van der Waals surface area (Å²) in [7, 11) is 0. The number of hydrogen-bond donors (Lipinski definition) is 1. The van der Waals surface area contributed by atoms with E-state index in [1.165, 1.54) is 5.56 Å². The Morgan fingerprint density at radius 1 is 1.16 bits per heavy atom. The van der Waals surface area contributed by atoms with E-state index < -0.39 is 0 Å². The van der Waals surface area contributed by atoms with E-state index in [-0.39, 0.29) is 5.41 Å². The maximum Gasteiger partial charge on any atom is 0.187 e. The monoisotopic (exact) mass is 274 g/mol. The van der Waals surface area contributed by atoms with Crippen LogP contribution in [0.2, 0.25) is 0 Å². The molecule has 0 aliphatic carbocycles. The van der Waals surface area contributed by atoms with Crippen molar-refractivity contribution in [1.29, 1.82) is 0 Å². The van der Waals surface area contributed by atoms with Gasteiger partial charge in [0.15, 0.2) is 5.13 Å². The molecule has 0 atom stereocenters. The quantitative estimate of drug-likeness (QED) is 0.820. The molecule has 0 aliphatic heterocycles. The topological polar surface area (TPSA) is 24.9 Å². The van der Waals surface area contributed by atoms with Gasteiger partial charge in [0.2, 0.25) is 0 Å². The first-order chi connectivity index (χ1) is 8.88. The van der Waals surface area contributed by atoms with Gasteiger partial charge in [-0.1, -0.05) is 52.8 Å². The maximum absolute atomic E-state index is 4.68. The van der Waals surface area contributed by atoms with Crippen LogP contribution < -0.4 is 5.32 Å². The van der Waals surface area contributed by atoms with E-state index in [0.717, 1.165) is 16.5 Å². The van der Waals surface area contributed by atoms with E-state index in [9.17, 15) is 0 Å². The molecule has 1 N–H and O–H groups in total. The van der Waals surface area contributed by atoms with Crippen LogP contribution in [0.25, 0.3) is 0 Å². The molecule has 0 unspecified atom stereocenters. The molecule has 1 heterocycles. The van der Waals surface area contributed by atoms with Gasteiger partial charge in [0.25, 0.3) is 0 Å². The van der Waals surface area contributed by atoms with Crippen molar-refractivity contribution in [3.8, 4) is 0 Å². The normalized spacial score (nSPS) is 11.9. The zero-order valence-corrected chi connectivity index (χ0v) is 13.1. The Morgan fingerprint density at radius 3 is 2.42 bits per heavy atom. The van der Waals surface area contributed by atoms with Gasteiger partial charge in [-0.15, -0.1) is 11.3 Å². The van der Waals surface area contributed by atoms with E-state index >= 15 is 0 Å². The zero-order valence-electron chi connectivity index (χ0n) is 12.3. The Hall–Kier alpha value is -1.35. The van der Waals surface area contributed by atoms with Crippen LogP contribution in [-0.4, -0.2) is 4.98 Å². The lowest BCUT2D eigenvalue weighted by molar-refractivity contribution is 0.573. The second-order valence-electron chi connectivity index (χ2n) is 6.15. The average molecular weight is 274 g/mol. The van der Waals surface area contributed by atoms with Crippen molar-refractivity contribution in [2.75, 3.05) is 5.32 Å². The first kappa shape index (κ1) is 14.1. The van der Waals surface area contributed by atoms with Crippen LogP contribution in [0, 0.1) is 0 Å². The third kappa shape index (κ3) is 3.35.